The van der Waals surface area contributed by atoms with Crippen molar-refractivity contribution in [1.29, 1.82) is 0 Å². The average molecular weight is 278 g/mol. The summed E-state index contributed by atoms with van der Waals surface area (Å²) in [6, 6.07) is 1.52. The number of amides is 2. The fourth-order valence-electron chi connectivity index (χ4n) is 2.12. The number of hydrogen-bond donors (Lipinski definition) is 0. The molecule has 106 valence electrons. The zero-order valence-electron chi connectivity index (χ0n) is 11.1. The van der Waals surface area contributed by atoms with Crippen molar-refractivity contribution in [1.82, 2.24) is 4.90 Å². The molecule has 1 aliphatic heterocycles. The van der Waals surface area contributed by atoms with Gasteiger partial charge in [0.1, 0.15) is 0 Å². The first-order valence-corrected chi connectivity index (χ1v) is 5.77. The Labute approximate surface area is 114 Å². The van der Waals surface area contributed by atoms with Crippen molar-refractivity contribution in [2.75, 3.05) is 14.2 Å². The van der Waals surface area contributed by atoms with Gasteiger partial charge in [-0.1, -0.05) is 0 Å². The van der Waals surface area contributed by atoms with Crippen LogP contribution in [0.25, 0.3) is 0 Å². The first kappa shape index (κ1) is 13.9. The van der Waals surface area contributed by atoms with Gasteiger partial charge in [-0.3, -0.25) is 14.5 Å². The SMILES string of the molecule is COc1ccc2c(c1OC)C(=O)N([C@@H](C)C(=O)[O-])C2=O. The van der Waals surface area contributed by atoms with Crippen LogP contribution in [0.2, 0.25) is 0 Å². The van der Waals surface area contributed by atoms with Gasteiger partial charge >= 0.3 is 0 Å². The van der Waals surface area contributed by atoms with Crippen molar-refractivity contribution in [2.45, 2.75) is 13.0 Å². The molecule has 0 bridgehead atoms. The summed E-state index contributed by atoms with van der Waals surface area (Å²) in [6.07, 6.45) is 0. The molecule has 0 aromatic heterocycles. The summed E-state index contributed by atoms with van der Waals surface area (Å²) in [4.78, 5) is 36.0. The van der Waals surface area contributed by atoms with Crippen molar-refractivity contribution >= 4 is 17.8 Å². The number of carbonyl (C=O) groups is 3. The Morgan fingerprint density at radius 3 is 2.35 bits per heavy atom. The van der Waals surface area contributed by atoms with Gasteiger partial charge in [0, 0.05) is 0 Å². The standard InChI is InChI=1S/C13H13NO6/c1-6(13(17)18)14-11(15)7-4-5-8(19-2)10(20-3)9(7)12(14)16/h4-6H,1-3H3,(H,17,18)/p-1/t6-/m0/s1. The van der Waals surface area contributed by atoms with Crippen LogP contribution < -0.4 is 14.6 Å². The number of ether oxygens (including phenoxy) is 2. The first-order chi connectivity index (χ1) is 9.43. The number of imide groups is 1. The quantitative estimate of drug-likeness (QED) is 0.685. The summed E-state index contributed by atoms with van der Waals surface area (Å²) in [5, 5.41) is 10.9. The third-order valence-corrected chi connectivity index (χ3v) is 3.16. The van der Waals surface area contributed by atoms with Crippen LogP contribution in [0.1, 0.15) is 27.6 Å². The lowest BCUT2D eigenvalue weighted by atomic mass is 10.1. The molecule has 0 spiro atoms. The summed E-state index contributed by atoms with van der Waals surface area (Å²) in [7, 11) is 2.73. The molecule has 0 unspecified atom stereocenters. The topological polar surface area (TPSA) is 96.0 Å². The van der Waals surface area contributed by atoms with E-state index < -0.39 is 23.8 Å². The van der Waals surface area contributed by atoms with E-state index >= 15 is 0 Å². The highest BCUT2D eigenvalue weighted by atomic mass is 16.5. The lowest BCUT2D eigenvalue weighted by Crippen LogP contribution is -2.48. The third kappa shape index (κ3) is 1.78. The molecule has 0 N–H and O–H groups in total. The number of nitrogens with zero attached hydrogens (tertiary/aromatic N) is 1. The van der Waals surface area contributed by atoms with Gasteiger partial charge in [0.2, 0.25) is 0 Å². The molecule has 0 radical (unpaired) electrons. The Morgan fingerprint density at radius 1 is 1.20 bits per heavy atom. The number of carboxylic acid groups (broad SMARTS) is 1. The fourth-order valence-corrected chi connectivity index (χ4v) is 2.12. The molecule has 7 heteroatoms. The number of methoxy groups -OCH3 is 2. The fraction of sp³-hybridized carbons (Fsp3) is 0.308. The summed E-state index contributed by atoms with van der Waals surface area (Å²) in [5.41, 5.74) is 0.0886. The zero-order chi connectivity index (χ0) is 15.0. The Morgan fingerprint density at radius 2 is 1.85 bits per heavy atom. The molecule has 1 heterocycles. The second-order valence-corrected chi connectivity index (χ2v) is 4.20. The van der Waals surface area contributed by atoms with Crippen LogP contribution in [0, 0.1) is 0 Å². The van der Waals surface area contributed by atoms with Gasteiger partial charge in [0.05, 0.1) is 37.4 Å². The molecule has 0 aliphatic carbocycles. The Kier molecular flexibility index (Phi) is 3.35. The maximum absolute atomic E-state index is 12.3. The maximum Gasteiger partial charge on any atom is 0.266 e. The monoisotopic (exact) mass is 278 g/mol. The summed E-state index contributed by atoms with van der Waals surface area (Å²) in [6.45, 7) is 1.21. The van der Waals surface area contributed by atoms with Crippen LogP contribution in [-0.2, 0) is 4.79 Å². The minimum atomic E-state index is -1.51. The smallest absolute Gasteiger partial charge is 0.266 e. The molecule has 1 aliphatic rings. The van der Waals surface area contributed by atoms with Gasteiger partial charge in [-0.2, -0.15) is 0 Å². The molecule has 2 amide bonds. The summed E-state index contributed by atoms with van der Waals surface area (Å²) >= 11 is 0. The molecule has 0 saturated heterocycles. The van der Waals surface area contributed by atoms with E-state index in [1.165, 1.54) is 33.3 Å². The van der Waals surface area contributed by atoms with E-state index in [4.69, 9.17) is 9.47 Å². The molecule has 0 saturated carbocycles. The number of benzene rings is 1. The Hall–Kier alpha value is -2.57. The van der Waals surface area contributed by atoms with Crippen LogP contribution in [0.15, 0.2) is 12.1 Å². The van der Waals surface area contributed by atoms with E-state index in [1.807, 2.05) is 0 Å². The van der Waals surface area contributed by atoms with Gasteiger partial charge in [-0.25, -0.2) is 0 Å². The van der Waals surface area contributed by atoms with Crippen LogP contribution in [0.5, 0.6) is 11.5 Å². The van der Waals surface area contributed by atoms with Crippen LogP contribution >= 0.6 is 0 Å². The molecule has 1 atom stereocenters. The zero-order valence-corrected chi connectivity index (χ0v) is 11.1. The average Bonchev–Trinajstić information content (AvgIpc) is 2.68. The predicted octanol–water partition coefficient (Wildman–Crippen LogP) is -0.562. The van der Waals surface area contributed by atoms with Gasteiger partial charge in [-0.15, -0.1) is 0 Å². The largest absolute Gasteiger partial charge is 0.548 e. The molecule has 2 rings (SSSR count). The molecule has 1 aromatic carbocycles. The number of rotatable bonds is 4. The van der Waals surface area contributed by atoms with Crippen molar-refractivity contribution in [3.8, 4) is 11.5 Å². The van der Waals surface area contributed by atoms with Crippen molar-refractivity contribution in [3.63, 3.8) is 0 Å². The molecule has 1 aromatic rings. The lowest BCUT2D eigenvalue weighted by molar-refractivity contribution is -0.309. The highest BCUT2D eigenvalue weighted by molar-refractivity contribution is 6.24. The number of hydrogen-bond acceptors (Lipinski definition) is 6. The van der Waals surface area contributed by atoms with Crippen LogP contribution in [0.3, 0.4) is 0 Å². The normalized spacial score (nSPS) is 15.1. The number of carboxylic acids is 1. The molecule has 0 fully saturated rings. The number of fused-ring (bicyclic) bond motifs is 1. The maximum atomic E-state index is 12.3. The minimum absolute atomic E-state index is 0.00458. The van der Waals surface area contributed by atoms with E-state index in [1.54, 1.807) is 0 Å². The van der Waals surface area contributed by atoms with E-state index in [0.29, 0.717) is 4.90 Å². The predicted molar refractivity (Wildman–Crippen MR) is 64.5 cm³/mol. The minimum Gasteiger partial charge on any atom is -0.548 e. The van der Waals surface area contributed by atoms with Gasteiger partial charge in [-0.05, 0) is 19.1 Å². The van der Waals surface area contributed by atoms with Gasteiger partial charge in [0.25, 0.3) is 11.8 Å². The second kappa shape index (κ2) is 4.84. The number of carbonyl (C=O) groups excluding carboxylic acids is 3. The third-order valence-electron chi connectivity index (χ3n) is 3.16. The van der Waals surface area contributed by atoms with Crippen molar-refractivity contribution in [2.24, 2.45) is 0 Å². The molecule has 7 nitrogen and oxygen atoms in total. The van der Waals surface area contributed by atoms with E-state index in [0.717, 1.165) is 0 Å². The highest BCUT2D eigenvalue weighted by Crippen LogP contribution is 2.38. The Balaban J connectivity index is 2.60. The van der Waals surface area contributed by atoms with Crippen LogP contribution in [-0.4, -0.2) is 42.9 Å². The second-order valence-electron chi connectivity index (χ2n) is 4.20. The van der Waals surface area contributed by atoms with E-state index in [-0.39, 0.29) is 22.6 Å². The summed E-state index contributed by atoms with van der Waals surface area (Å²) in [5.74, 6) is -2.54. The van der Waals surface area contributed by atoms with Crippen molar-refractivity contribution < 1.29 is 29.0 Å². The van der Waals surface area contributed by atoms with Gasteiger partial charge in [0.15, 0.2) is 11.5 Å². The van der Waals surface area contributed by atoms with Gasteiger partial charge < -0.3 is 19.4 Å². The lowest BCUT2D eigenvalue weighted by Gasteiger charge is -2.22. The molecular formula is C13H12NO6-. The van der Waals surface area contributed by atoms with E-state index in [2.05, 4.69) is 0 Å². The highest BCUT2D eigenvalue weighted by Gasteiger charge is 2.42. The summed E-state index contributed by atoms with van der Waals surface area (Å²) < 4.78 is 10.2. The van der Waals surface area contributed by atoms with Crippen LogP contribution in [0.4, 0.5) is 0 Å². The van der Waals surface area contributed by atoms with Crippen molar-refractivity contribution in [3.05, 3.63) is 23.3 Å². The molecular weight excluding hydrogens is 266 g/mol. The number of aliphatic carboxylic acids is 1. The van der Waals surface area contributed by atoms with E-state index in [9.17, 15) is 19.5 Å². The first-order valence-electron chi connectivity index (χ1n) is 5.77. The molecule has 20 heavy (non-hydrogen) atoms. The Bertz CT molecular complexity index is 609.